The molecular weight excluding hydrogens is 168 g/mol. The molecule has 1 aliphatic rings. The Balaban J connectivity index is 0.000000379. The quantitative estimate of drug-likeness (QED) is 0.581. The van der Waals surface area contributed by atoms with Crippen molar-refractivity contribution in [2.75, 3.05) is 0 Å². The van der Waals surface area contributed by atoms with Crippen LogP contribution in [0.25, 0.3) is 0 Å². The summed E-state index contributed by atoms with van der Waals surface area (Å²) in [5, 5.41) is 0. The molecule has 0 amide bonds. The van der Waals surface area contributed by atoms with Gasteiger partial charge in [0.25, 0.3) is 0 Å². The topological polar surface area (TPSA) is 0 Å². The van der Waals surface area contributed by atoms with Gasteiger partial charge in [0, 0.05) is 0 Å². The summed E-state index contributed by atoms with van der Waals surface area (Å²) in [6.45, 7) is 6.14. The van der Waals surface area contributed by atoms with Crippen molar-refractivity contribution in [3.8, 4) is 12.8 Å². The zero-order valence-electron chi connectivity index (χ0n) is 9.46. The number of hydrogen-bond acceptors (Lipinski definition) is 0. The summed E-state index contributed by atoms with van der Waals surface area (Å²) in [7, 11) is 0. The van der Waals surface area contributed by atoms with Crippen LogP contribution in [-0.2, 0) is 0 Å². The maximum absolute atomic E-state index is 4.00. The molecular formula is C14H20. The summed E-state index contributed by atoms with van der Waals surface area (Å²) in [4.78, 5) is 0. The van der Waals surface area contributed by atoms with E-state index < -0.39 is 0 Å². The van der Waals surface area contributed by atoms with Crippen LogP contribution in [0.1, 0.15) is 43.7 Å². The van der Waals surface area contributed by atoms with Crippen molar-refractivity contribution in [1.29, 1.82) is 0 Å². The first-order chi connectivity index (χ1) is 6.86. The van der Waals surface area contributed by atoms with Gasteiger partial charge < -0.3 is 0 Å². The van der Waals surface area contributed by atoms with Crippen molar-refractivity contribution >= 4 is 0 Å². The van der Waals surface area contributed by atoms with Crippen LogP contribution in [0.15, 0.2) is 24.3 Å². The molecule has 1 aromatic carbocycles. The van der Waals surface area contributed by atoms with E-state index in [4.69, 9.17) is 0 Å². The molecule has 0 nitrogen and oxygen atoms in total. The third-order valence-electron chi connectivity index (χ3n) is 2.13. The van der Waals surface area contributed by atoms with Gasteiger partial charge in [-0.3, -0.25) is 0 Å². The van der Waals surface area contributed by atoms with E-state index in [1.807, 2.05) is 13.8 Å². The minimum Gasteiger partial charge on any atom is -0.124 e. The lowest BCUT2D eigenvalue weighted by Crippen LogP contribution is -1.77. The van der Waals surface area contributed by atoms with E-state index >= 15 is 0 Å². The Kier molecular flexibility index (Phi) is 6.58. The third kappa shape index (κ3) is 4.14. The Morgan fingerprint density at radius 3 is 1.79 bits per heavy atom. The second-order valence-corrected chi connectivity index (χ2v) is 3.18. The van der Waals surface area contributed by atoms with Gasteiger partial charge in [-0.1, -0.05) is 43.7 Å². The van der Waals surface area contributed by atoms with Crippen molar-refractivity contribution in [3.63, 3.8) is 0 Å². The zero-order chi connectivity index (χ0) is 11.0. The van der Waals surface area contributed by atoms with Crippen LogP contribution in [0.4, 0.5) is 0 Å². The van der Waals surface area contributed by atoms with E-state index in [2.05, 4.69) is 44.0 Å². The highest BCUT2D eigenvalue weighted by Gasteiger charge is 2.22. The molecule has 0 atom stereocenters. The molecule has 14 heavy (non-hydrogen) atoms. The first-order valence-corrected chi connectivity index (χ1v) is 5.26. The lowest BCUT2D eigenvalue weighted by atomic mass is 10.1. The summed E-state index contributed by atoms with van der Waals surface area (Å²) >= 11 is 0. The molecule has 0 aliphatic heterocycles. The Hall–Kier alpha value is -1.22. The van der Waals surface area contributed by atoms with Crippen LogP contribution in [0.3, 0.4) is 0 Å². The van der Waals surface area contributed by atoms with E-state index in [1.165, 1.54) is 24.0 Å². The smallest absolute Gasteiger partial charge is 0.0162 e. The normalized spacial score (nSPS) is 12.9. The minimum absolute atomic E-state index is 0.903. The summed E-state index contributed by atoms with van der Waals surface area (Å²) in [6.07, 6.45) is 10.8. The van der Waals surface area contributed by atoms with Crippen LogP contribution in [-0.4, -0.2) is 0 Å². The average Bonchev–Trinajstić information content (AvgIpc) is 3.09. The summed E-state index contributed by atoms with van der Waals surface area (Å²) in [5.41, 5.74) is 2.90. The minimum atomic E-state index is 0.903. The van der Waals surface area contributed by atoms with Gasteiger partial charge in [0.2, 0.25) is 0 Å². The molecule has 0 unspecified atom stereocenters. The Bertz CT molecular complexity index is 249. The largest absolute Gasteiger partial charge is 0.124 e. The van der Waals surface area contributed by atoms with Gasteiger partial charge in [-0.25, -0.2) is 0 Å². The molecule has 1 aliphatic carbocycles. The van der Waals surface area contributed by atoms with Gasteiger partial charge in [0.05, 0.1) is 0 Å². The Morgan fingerprint density at radius 2 is 1.43 bits per heavy atom. The second-order valence-electron chi connectivity index (χ2n) is 3.18. The molecule has 0 spiro atoms. The molecule has 0 radical (unpaired) electrons. The average molecular weight is 188 g/mol. The molecule has 0 saturated heterocycles. The standard InChI is InChI=1S/C10H12.C2H6.C2H2/c1-8-2-4-9(5-3-8)10-6-7-10;2*1-2/h2-5,10H,6-7H2,1H3;1-2H3;1-2H. The number of benzene rings is 1. The van der Waals surface area contributed by atoms with Gasteiger partial charge >= 0.3 is 0 Å². The van der Waals surface area contributed by atoms with E-state index in [-0.39, 0.29) is 0 Å². The molecule has 1 fully saturated rings. The molecule has 1 saturated carbocycles. The molecule has 1 aromatic rings. The van der Waals surface area contributed by atoms with Crippen molar-refractivity contribution in [2.24, 2.45) is 0 Å². The van der Waals surface area contributed by atoms with E-state index in [9.17, 15) is 0 Å². The maximum Gasteiger partial charge on any atom is -0.0162 e. The summed E-state index contributed by atoms with van der Waals surface area (Å²) in [5.74, 6) is 0.903. The van der Waals surface area contributed by atoms with Crippen molar-refractivity contribution in [1.82, 2.24) is 0 Å². The highest BCUT2D eigenvalue weighted by atomic mass is 14.3. The van der Waals surface area contributed by atoms with Gasteiger partial charge in [-0.15, -0.1) is 12.8 Å². The van der Waals surface area contributed by atoms with Crippen molar-refractivity contribution < 1.29 is 0 Å². The second kappa shape index (κ2) is 7.21. The molecule has 2 rings (SSSR count). The van der Waals surface area contributed by atoms with Gasteiger partial charge in [0.1, 0.15) is 0 Å². The van der Waals surface area contributed by atoms with Crippen LogP contribution < -0.4 is 0 Å². The summed E-state index contributed by atoms with van der Waals surface area (Å²) in [6, 6.07) is 8.92. The van der Waals surface area contributed by atoms with E-state index in [0.717, 1.165) is 5.92 Å². The van der Waals surface area contributed by atoms with Crippen molar-refractivity contribution in [3.05, 3.63) is 35.4 Å². The SMILES string of the molecule is C#C.CC.Cc1ccc(C2CC2)cc1. The molecule has 0 aromatic heterocycles. The van der Waals surface area contributed by atoms with E-state index in [1.54, 1.807) is 0 Å². The molecule has 0 bridgehead atoms. The van der Waals surface area contributed by atoms with Gasteiger partial charge in [-0.2, -0.15) is 0 Å². The Labute approximate surface area is 88.4 Å². The van der Waals surface area contributed by atoms with Crippen LogP contribution in [0, 0.1) is 19.8 Å². The van der Waals surface area contributed by atoms with Crippen LogP contribution in [0.2, 0.25) is 0 Å². The van der Waals surface area contributed by atoms with E-state index in [0.29, 0.717) is 0 Å². The number of terminal acetylenes is 1. The third-order valence-corrected chi connectivity index (χ3v) is 2.13. The number of aryl methyl sites for hydroxylation is 1. The lowest BCUT2D eigenvalue weighted by Gasteiger charge is -1.96. The van der Waals surface area contributed by atoms with Gasteiger partial charge in [-0.05, 0) is 31.2 Å². The monoisotopic (exact) mass is 188 g/mol. The highest BCUT2D eigenvalue weighted by molar-refractivity contribution is 5.27. The van der Waals surface area contributed by atoms with Crippen LogP contribution >= 0.6 is 0 Å². The zero-order valence-corrected chi connectivity index (χ0v) is 9.46. The number of hydrogen-bond donors (Lipinski definition) is 0. The fourth-order valence-corrected chi connectivity index (χ4v) is 1.26. The molecule has 0 heterocycles. The first-order valence-electron chi connectivity index (χ1n) is 5.26. The first kappa shape index (κ1) is 12.8. The Morgan fingerprint density at radius 1 is 1.00 bits per heavy atom. The summed E-state index contributed by atoms with van der Waals surface area (Å²) < 4.78 is 0. The molecule has 76 valence electrons. The predicted octanol–water partition coefficient (Wildman–Crippen LogP) is 4.15. The molecule has 0 N–H and O–H groups in total. The van der Waals surface area contributed by atoms with Crippen molar-refractivity contribution in [2.45, 2.75) is 39.5 Å². The number of rotatable bonds is 1. The maximum atomic E-state index is 4.00. The highest BCUT2D eigenvalue weighted by Crippen LogP contribution is 2.39. The molecule has 0 heteroatoms. The fraction of sp³-hybridized carbons (Fsp3) is 0.429. The lowest BCUT2D eigenvalue weighted by molar-refractivity contribution is 1.13. The predicted molar refractivity (Wildman–Crippen MR) is 64.4 cm³/mol. The fourth-order valence-electron chi connectivity index (χ4n) is 1.26. The van der Waals surface area contributed by atoms with Crippen LogP contribution in [0.5, 0.6) is 0 Å². The van der Waals surface area contributed by atoms with Gasteiger partial charge in [0.15, 0.2) is 0 Å².